The first-order valence-electron chi connectivity index (χ1n) is 7.26. The Balaban J connectivity index is 1.54. The van der Waals surface area contributed by atoms with Crippen molar-refractivity contribution < 1.29 is 9.47 Å². The minimum atomic E-state index is 0.740. The molecule has 4 heteroatoms. The number of fused-ring (bicyclic) bond motifs is 1. The summed E-state index contributed by atoms with van der Waals surface area (Å²) in [5.41, 5.74) is 1.12. The lowest BCUT2D eigenvalue weighted by atomic mass is 10.1. The van der Waals surface area contributed by atoms with Gasteiger partial charge in [-0.25, -0.2) is 0 Å². The number of hydrogen-bond acceptors (Lipinski definition) is 4. The van der Waals surface area contributed by atoms with Gasteiger partial charge in [0.15, 0.2) is 11.5 Å². The summed E-state index contributed by atoms with van der Waals surface area (Å²) >= 11 is 0. The van der Waals surface area contributed by atoms with Crippen LogP contribution in [0.15, 0.2) is 18.2 Å². The fraction of sp³-hybridized carbons (Fsp3) is 0.600. The molecule has 0 saturated carbocycles. The van der Waals surface area contributed by atoms with Crippen molar-refractivity contribution in [3.8, 4) is 11.5 Å². The highest BCUT2D eigenvalue weighted by Crippen LogP contribution is 2.32. The van der Waals surface area contributed by atoms with E-state index >= 15 is 0 Å². The van der Waals surface area contributed by atoms with Gasteiger partial charge in [0.25, 0.3) is 0 Å². The van der Waals surface area contributed by atoms with Gasteiger partial charge in [0.1, 0.15) is 0 Å². The van der Waals surface area contributed by atoms with Crippen LogP contribution < -0.4 is 20.1 Å². The van der Waals surface area contributed by atoms with E-state index in [1.807, 2.05) is 12.1 Å². The quantitative estimate of drug-likeness (QED) is 0.873. The van der Waals surface area contributed by atoms with E-state index in [1.54, 1.807) is 0 Å². The second-order valence-electron chi connectivity index (χ2n) is 5.29. The van der Waals surface area contributed by atoms with Crippen LogP contribution in [-0.4, -0.2) is 32.8 Å². The molecule has 0 aliphatic carbocycles. The van der Waals surface area contributed by atoms with E-state index in [0.29, 0.717) is 0 Å². The van der Waals surface area contributed by atoms with Crippen molar-refractivity contribution in [3.63, 3.8) is 0 Å². The summed E-state index contributed by atoms with van der Waals surface area (Å²) in [5.74, 6) is 2.56. The molecule has 4 nitrogen and oxygen atoms in total. The molecule has 19 heavy (non-hydrogen) atoms. The standard InChI is InChI=1S/C15H22N2O2/c1-8-18-14-3-2-13(10-15(14)19-9-1)17-7-5-12-4-6-16-11-12/h2-3,10,12,16-17H,1,4-9,11H2. The maximum absolute atomic E-state index is 5.69. The Morgan fingerprint density at radius 3 is 2.95 bits per heavy atom. The Morgan fingerprint density at radius 2 is 2.11 bits per heavy atom. The van der Waals surface area contributed by atoms with E-state index in [1.165, 1.54) is 25.9 Å². The smallest absolute Gasteiger partial charge is 0.163 e. The topological polar surface area (TPSA) is 42.5 Å². The Hall–Kier alpha value is -1.42. The molecule has 2 heterocycles. The third kappa shape index (κ3) is 3.32. The van der Waals surface area contributed by atoms with Crippen molar-refractivity contribution in [2.45, 2.75) is 19.3 Å². The van der Waals surface area contributed by atoms with E-state index < -0.39 is 0 Å². The number of hydrogen-bond donors (Lipinski definition) is 2. The van der Waals surface area contributed by atoms with Gasteiger partial charge >= 0.3 is 0 Å². The van der Waals surface area contributed by atoms with Crippen LogP contribution in [0.25, 0.3) is 0 Å². The lowest BCUT2D eigenvalue weighted by Crippen LogP contribution is -2.12. The van der Waals surface area contributed by atoms with Crippen LogP contribution >= 0.6 is 0 Å². The predicted molar refractivity (Wildman–Crippen MR) is 76.1 cm³/mol. The largest absolute Gasteiger partial charge is 0.490 e. The number of benzene rings is 1. The van der Waals surface area contributed by atoms with E-state index in [9.17, 15) is 0 Å². The molecule has 0 amide bonds. The fourth-order valence-electron chi connectivity index (χ4n) is 2.65. The summed E-state index contributed by atoms with van der Waals surface area (Å²) in [7, 11) is 0. The van der Waals surface area contributed by atoms with E-state index in [2.05, 4.69) is 16.7 Å². The Labute approximate surface area is 114 Å². The highest BCUT2D eigenvalue weighted by molar-refractivity contribution is 5.54. The van der Waals surface area contributed by atoms with Crippen molar-refractivity contribution >= 4 is 5.69 Å². The molecule has 2 N–H and O–H groups in total. The first-order valence-corrected chi connectivity index (χ1v) is 7.26. The molecule has 1 aromatic rings. The number of ether oxygens (including phenoxy) is 2. The Bertz CT molecular complexity index is 417. The van der Waals surface area contributed by atoms with Crippen molar-refractivity contribution in [2.75, 3.05) is 38.2 Å². The van der Waals surface area contributed by atoms with Crippen LogP contribution in [0.1, 0.15) is 19.3 Å². The summed E-state index contributed by atoms with van der Waals surface area (Å²) in [6.07, 6.45) is 3.48. The van der Waals surface area contributed by atoms with Gasteiger partial charge in [0.2, 0.25) is 0 Å². The van der Waals surface area contributed by atoms with E-state index in [-0.39, 0.29) is 0 Å². The van der Waals surface area contributed by atoms with Gasteiger partial charge in [0.05, 0.1) is 13.2 Å². The lowest BCUT2D eigenvalue weighted by molar-refractivity contribution is 0.297. The van der Waals surface area contributed by atoms with E-state index in [0.717, 1.165) is 49.3 Å². The lowest BCUT2D eigenvalue weighted by Gasteiger charge is -2.12. The molecule has 1 saturated heterocycles. The Kier molecular flexibility index (Phi) is 4.08. The van der Waals surface area contributed by atoms with Crippen LogP contribution in [-0.2, 0) is 0 Å². The molecule has 0 spiro atoms. The van der Waals surface area contributed by atoms with Crippen LogP contribution in [0, 0.1) is 5.92 Å². The van der Waals surface area contributed by atoms with Crippen molar-refractivity contribution in [1.29, 1.82) is 0 Å². The molecule has 1 atom stereocenters. The maximum atomic E-state index is 5.69. The van der Waals surface area contributed by atoms with Gasteiger partial charge in [-0.05, 0) is 44.0 Å². The van der Waals surface area contributed by atoms with Crippen LogP contribution in [0.5, 0.6) is 11.5 Å². The molecule has 1 unspecified atom stereocenters. The van der Waals surface area contributed by atoms with Crippen molar-refractivity contribution in [3.05, 3.63) is 18.2 Å². The molecular weight excluding hydrogens is 240 g/mol. The monoisotopic (exact) mass is 262 g/mol. The molecule has 3 rings (SSSR count). The van der Waals surface area contributed by atoms with Crippen molar-refractivity contribution in [2.24, 2.45) is 5.92 Å². The average molecular weight is 262 g/mol. The SMILES string of the molecule is c1cc2c(cc1NCCC1CCNC1)OCCCO2. The summed E-state index contributed by atoms with van der Waals surface area (Å²) in [6.45, 7) is 4.85. The second kappa shape index (κ2) is 6.15. The number of rotatable bonds is 4. The van der Waals surface area contributed by atoms with Gasteiger partial charge in [-0.1, -0.05) is 0 Å². The Morgan fingerprint density at radius 1 is 1.21 bits per heavy atom. The molecular formula is C15H22N2O2. The summed E-state index contributed by atoms with van der Waals surface area (Å²) in [6, 6.07) is 6.12. The molecule has 1 aromatic carbocycles. The normalized spacial score (nSPS) is 22.0. The first kappa shape index (κ1) is 12.6. The van der Waals surface area contributed by atoms with Crippen molar-refractivity contribution in [1.82, 2.24) is 5.32 Å². The zero-order valence-electron chi connectivity index (χ0n) is 11.3. The van der Waals surface area contributed by atoms with Gasteiger partial charge in [-0.3, -0.25) is 0 Å². The summed E-state index contributed by atoms with van der Waals surface area (Å²) in [4.78, 5) is 0. The highest BCUT2D eigenvalue weighted by Gasteiger charge is 2.14. The molecule has 0 radical (unpaired) electrons. The third-order valence-corrected chi connectivity index (χ3v) is 3.79. The predicted octanol–water partition coefficient (Wildman–Crippen LogP) is 2.26. The minimum Gasteiger partial charge on any atom is -0.490 e. The number of nitrogens with one attached hydrogen (secondary N) is 2. The highest BCUT2D eigenvalue weighted by atomic mass is 16.5. The molecule has 2 aliphatic rings. The van der Waals surface area contributed by atoms with Crippen LogP contribution in [0.2, 0.25) is 0 Å². The molecule has 104 valence electrons. The molecule has 0 bridgehead atoms. The van der Waals surface area contributed by atoms with Crippen LogP contribution in [0.3, 0.4) is 0 Å². The van der Waals surface area contributed by atoms with Gasteiger partial charge in [-0.2, -0.15) is 0 Å². The fourth-order valence-corrected chi connectivity index (χ4v) is 2.65. The maximum Gasteiger partial charge on any atom is 0.163 e. The zero-order chi connectivity index (χ0) is 12.9. The van der Waals surface area contributed by atoms with Gasteiger partial charge in [-0.15, -0.1) is 0 Å². The van der Waals surface area contributed by atoms with Gasteiger partial charge < -0.3 is 20.1 Å². The molecule has 1 fully saturated rings. The second-order valence-corrected chi connectivity index (χ2v) is 5.29. The first-order chi connectivity index (χ1) is 9.42. The third-order valence-electron chi connectivity index (χ3n) is 3.79. The summed E-state index contributed by atoms with van der Waals surface area (Å²) < 4.78 is 11.3. The van der Waals surface area contributed by atoms with Gasteiger partial charge in [0, 0.05) is 24.7 Å². The summed E-state index contributed by atoms with van der Waals surface area (Å²) in [5, 5.41) is 6.88. The molecule has 2 aliphatic heterocycles. The minimum absolute atomic E-state index is 0.740. The van der Waals surface area contributed by atoms with Crippen LogP contribution in [0.4, 0.5) is 5.69 Å². The number of anilines is 1. The van der Waals surface area contributed by atoms with E-state index in [4.69, 9.17) is 9.47 Å². The molecule has 0 aromatic heterocycles. The average Bonchev–Trinajstić information content (AvgIpc) is 2.83. The zero-order valence-corrected chi connectivity index (χ0v) is 11.3.